The number of nitrogens with zero attached hydrogens (tertiary/aromatic N) is 1. The topological polar surface area (TPSA) is 37.4 Å². The fourth-order valence-electron chi connectivity index (χ4n) is 5.64. The van der Waals surface area contributed by atoms with E-state index in [1.165, 1.54) is 4.90 Å². The van der Waals surface area contributed by atoms with Gasteiger partial charge in [-0.3, -0.25) is 9.59 Å². The van der Waals surface area contributed by atoms with Crippen molar-refractivity contribution in [1.29, 1.82) is 0 Å². The van der Waals surface area contributed by atoms with E-state index < -0.39 is 0 Å². The van der Waals surface area contributed by atoms with Crippen LogP contribution >= 0.6 is 0 Å². The highest BCUT2D eigenvalue weighted by atomic mass is 16.2. The predicted octanol–water partition coefficient (Wildman–Crippen LogP) is 5.77. The molecule has 3 aromatic carbocycles. The number of aryl methyl sites for hydroxylation is 1. The van der Waals surface area contributed by atoms with E-state index in [1.807, 2.05) is 68.4 Å². The Hall–Kier alpha value is -3.20. The smallest absolute Gasteiger partial charge is 0.238 e. The maximum atomic E-state index is 13.9. The van der Waals surface area contributed by atoms with Crippen LogP contribution in [0, 0.1) is 25.7 Å². The molecule has 3 aromatic rings. The number of anilines is 1. The summed E-state index contributed by atoms with van der Waals surface area (Å²) in [4.78, 5) is 29.3. The van der Waals surface area contributed by atoms with Gasteiger partial charge in [-0.1, -0.05) is 72.8 Å². The Kier molecular flexibility index (Phi) is 4.97. The predicted molar refractivity (Wildman–Crippen MR) is 123 cm³/mol. The number of carbonyl (C=O) groups excluding carboxylic acids is 2. The molecule has 4 atom stereocenters. The summed E-state index contributed by atoms with van der Waals surface area (Å²) in [7, 11) is 0. The van der Waals surface area contributed by atoms with Crippen LogP contribution in [0.3, 0.4) is 0 Å². The molecule has 0 radical (unpaired) electrons. The van der Waals surface area contributed by atoms with E-state index in [0.29, 0.717) is 0 Å². The molecule has 1 aliphatic heterocycles. The first-order chi connectivity index (χ1) is 15.1. The summed E-state index contributed by atoms with van der Waals surface area (Å²) >= 11 is 0. The van der Waals surface area contributed by atoms with Gasteiger partial charge in [-0.15, -0.1) is 0 Å². The van der Waals surface area contributed by atoms with Gasteiger partial charge in [0.1, 0.15) is 0 Å². The molecule has 0 bridgehead atoms. The molecule has 156 valence electrons. The van der Waals surface area contributed by atoms with Crippen LogP contribution in [0.5, 0.6) is 0 Å². The first kappa shape index (κ1) is 19.7. The number of hydrogen-bond acceptors (Lipinski definition) is 2. The lowest BCUT2D eigenvalue weighted by Crippen LogP contribution is -2.34. The molecule has 3 heteroatoms. The molecule has 0 N–H and O–H groups in total. The second kappa shape index (κ2) is 7.81. The first-order valence-corrected chi connectivity index (χ1v) is 11.1. The molecule has 0 aromatic heterocycles. The van der Waals surface area contributed by atoms with E-state index in [-0.39, 0.29) is 35.5 Å². The maximum absolute atomic E-state index is 13.9. The largest absolute Gasteiger partial charge is 0.274 e. The van der Waals surface area contributed by atoms with Gasteiger partial charge in [0.2, 0.25) is 11.8 Å². The molecule has 1 saturated heterocycles. The molecule has 1 aliphatic carbocycles. The van der Waals surface area contributed by atoms with Gasteiger partial charge in [0.05, 0.1) is 17.5 Å². The van der Waals surface area contributed by atoms with Crippen LogP contribution < -0.4 is 4.90 Å². The van der Waals surface area contributed by atoms with E-state index in [9.17, 15) is 9.59 Å². The van der Waals surface area contributed by atoms with Crippen LogP contribution in [0.25, 0.3) is 0 Å². The zero-order valence-electron chi connectivity index (χ0n) is 18.0. The maximum Gasteiger partial charge on any atom is 0.238 e. The molecular formula is C28H27NO2. The highest BCUT2D eigenvalue weighted by Gasteiger charge is 2.57. The molecule has 1 saturated carbocycles. The zero-order valence-corrected chi connectivity index (χ0v) is 18.0. The van der Waals surface area contributed by atoms with Crippen molar-refractivity contribution in [1.82, 2.24) is 0 Å². The van der Waals surface area contributed by atoms with Gasteiger partial charge in [0.15, 0.2) is 0 Å². The summed E-state index contributed by atoms with van der Waals surface area (Å²) in [6, 6.07) is 26.4. The lowest BCUT2D eigenvalue weighted by atomic mass is 9.64. The molecule has 2 fully saturated rings. The van der Waals surface area contributed by atoms with Crippen molar-refractivity contribution in [3.8, 4) is 0 Å². The molecule has 1 heterocycles. The van der Waals surface area contributed by atoms with Crippen molar-refractivity contribution in [2.45, 2.75) is 38.5 Å². The van der Waals surface area contributed by atoms with Crippen molar-refractivity contribution < 1.29 is 9.59 Å². The van der Waals surface area contributed by atoms with E-state index in [2.05, 4.69) is 24.3 Å². The fourth-order valence-corrected chi connectivity index (χ4v) is 5.64. The summed E-state index contributed by atoms with van der Waals surface area (Å²) in [6.07, 6.45) is 1.81. The van der Waals surface area contributed by atoms with E-state index >= 15 is 0 Å². The standard InChI is InChI=1S/C28H27NO2/c1-18-10-9-15-24(19(18)2)29-27(30)25-22(20-11-5-3-6-12-20)16-17-23(26(25)28(29)31)21-13-7-4-8-14-21/h3-15,22-23,25-26H,16-17H2,1-2H3/t22-,23-,25+,26+/m1/s1. The summed E-state index contributed by atoms with van der Waals surface area (Å²) in [5.74, 6) is -0.602. The normalized spacial score (nSPS) is 25.5. The van der Waals surface area contributed by atoms with E-state index in [1.54, 1.807) is 0 Å². The first-order valence-electron chi connectivity index (χ1n) is 11.1. The minimum atomic E-state index is -0.325. The molecular weight excluding hydrogens is 382 g/mol. The lowest BCUT2D eigenvalue weighted by Gasteiger charge is -2.37. The second-order valence-electron chi connectivity index (χ2n) is 8.89. The highest BCUT2D eigenvalue weighted by molar-refractivity contribution is 6.23. The molecule has 0 spiro atoms. The Balaban J connectivity index is 1.63. The Morgan fingerprint density at radius 1 is 0.645 bits per heavy atom. The number of imide groups is 1. The van der Waals surface area contributed by atoms with Gasteiger partial charge in [-0.05, 0) is 66.8 Å². The Bertz CT molecular complexity index is 1060. The van der Waals surface area contributed by atoms with E-state index in [0.717, 1.165) is 40.8 Å². The summed E-state index contributed by atoms with van der Waals surface area (Å²) < 4.78 is 0. The van der Waals surface area contributed by atoms with Gasteiger partial charge in [0.25, 0.3) is 0 Å². The van der Waals surface area contributed by atoms with Crippen LogP contribution in [-0.4, -0.2) is 11.8 Å². The summed E-state index contributed by atoms with van der Waals surface area (Å²) in [6.45, 7) is 4.02. The van der Waals surface area contributed by atoms with Crippen molar-refractivity contribution in [2.24, 2.45) is 11.8 Å². The van der Waals surface area contributed by atoms with Crippen molar-refractivity contribution in [3.05, 3.63) is 101 Å². The average molecular weight is 410 g/mol. The molecule has 2 amide bonds. The van der Waals surface area contributed by atoms with Crippen molar-refractivity contribution in [2.75, 3.05) is 4.90 Å². The lowest BCUT2D eigenvalue weighted by molar-refractivity contribution is -0.122. The van der Waals surface area contributed by atoms with Crippen LogP contribution in [0.2, 0.25) is 0 Å². The SMILES string of the molecule is Cc1cccc(N2C(=O)[C@@H]3[C@@H](C2=O)[C@@H](c2ccccc2)CC[C@@H]3c2ccccc2)c1C. The van der Waals surface area contributed by atoms with Gasteiger partial charge < -0.3 is 0 Å². The van der Waals surface area contributed by atoms with Crippen molar-refractivity contribution >= 4 is 17.5 Å². The Labute approximate surface area is 183 Å². The van der Waals surface area contributed by atoms with Gasteiger partial charge in [0, 0.05) is 0 Å². The minimum Gasteiger partial charge on any atom is -0.274 e. The highest BCUT2D eigenvalue weighted by Crippen LogP contribution is 2.53. The van der Waals surface area contributed by atoms with Gasteiger partial charge in [-0.2, -0.15) is 0 Å². The number of amides is 2. The summed E-state index contributed by atoms with van der Waals surface area (Å²) in [5, 5.41) is 0. The van der Waals surface area contributed by atoms with Crippen LogP contribution in [0.1, 0.15) is 46.9 Å². The molecule has 0 unspecified atom stereocenters. The molecule has 5 rings (SSSR count). The van der Waals surface area contributed by atoms with Crippen LogP contribution in [0.15, 0.2) is 78.9 Å². The third-order valence-electron chi connectivity index (χ3n) is 7.33. The molecule has 31 heavy (non-hydrogen) atoms. The van der Waals surface area contributed by atoms with Crippen molar-refractivity contribution in [3.63, 3.8) is 0 Å². The number of fused-ring (bicyclic) bond motifs is 1. The second-order valence-corrected chi connectivity index (χ2v) is 8.89. The van der Waals surface area contributed by atoms with E-state index in [4.69, 9.17) is 0 Å². The number of rotatable bonds is 3. The third kappa shape index (κ3) is 3.20. The molecule has 3 nitrogen and oxygen atoms in total. The molecule has 2 aliphatic rings. The number of benzene rings is 3. The Morgan fingerprint density at radius 3 is 1.61 bits per heavy atom. The zero-order chi connectivity index (χ0) is 21.5. The average Bonchev–Trinajstić information content (AvgIpc) is 3.07. The number of hydrogen-bond donors (Lipinski definition) is 0. The minimum absolute atomic E-state index is 0.0433. The fraction of sp³-hybridized carbons (Fsp3) is 0.286. The summed E-state index contributed by atoms with van der Waals surface area (Å²) in [5.41, 5.74) is 5.14. The van der Waals surface area contributed by atoms with Crippen LogP contribution in [0.4, 0.5) is 5.69 Å². The van der Waals surface area contributed by atoms with Gasteiger partial charge in [-0.25, -0.2) is 4.90 Å². The quantitative estimate of drug-likeness (QED) is 0.515. The number of carbonyl (C=O) groups is 2. The monoisotopic (exact) mass is 409 g/mol. The van der Waals surface area contributed by atoms with Crippen LogP contribution in [-0.2, 0) is 9.59 Å². The third-order valence-corrected chi connectivity index (χ3v) is 7.33. The van der Waals surface area contributed by atoms with Gasteiger partial charge >= 0.3 is 0 Å². The Morgan fingerprint density at radius 2 is 1.13 bits per heavy atom.